The Labute approximate surface area is 155 Å². The molecule has 0 amide bonds. The van der Waals surface area contributed by atoms with Crippen LogP contribution in [0.1, 0.15) is 52.7 Å². The monoisotopic (exact) mass is 352 g/mol. The van der Waals surface area contributed by atoms with Crippen LogP contribution in [-0.4, -0.2) is 29.1 Å². The van der Waals surface area contributed by atoms with Gasteiger partial charge in [0.25, 0.3) is 0 Å². The van der Waals surface area contributed by atoms with Gasteiger partial charge in [0.2, 0.25) is 0 Å². The molecule has 4 heteroatoms. The quantitative estimate of drug-likeness (QED) is 0.789. The predicted molar refractivity (Wildman–Crippen MR) is 104 cm³/mol. The van der Waals surface area contributed by atoms with E-state index >= 15 is 0 Å². The van der Waals surface area contributed by atoms with Crippen molar-refractivity contribution in [3.63, 3.8) is 0 Å². The summed E-state index contributed by atoms with van der Waals surface area (Å²) in [6.07, 6.45) is 5.32. The molecule has 138 valence electrons. The number of hydrogen-bond acceptors (Lipinski definition) is 3. The van der Waals surface area contributed by atoms with Crippen LogP contribution in [-0.2, 0) is 19.6 Å². The summed E-state index contributed by atoms with van der Waals surface area (Å²) in [5.41, 5.74) is 4.05. The topological polar surface area (TPSA) is 52.6 Å². The number of carbonyl (C=O) groups is 1. The van der Waals surface area contributed by atoms with E-state index in [-0.39, 0.29) is 0 Å². The van der Waals surface area contributed by atoms with Crippen LogP contribution in [0.3, 0.4) is 0 Å². The summed E-state index contributed by atoms with van der Waals surface area (Å²) in [7, 11) is 0. The van der Waals surface area contributed by atoms with E-state index in [0.717, 1.165) is 18.7 Å². The first-order valence-corrected chi connectivity index (χ1v) is 9.54. The summed E-state index contributed by atoms with van der Waals surface area (Å²) in [6, 6.07) is 15.7. The summed E-state index contributed by atoms with van der Waals surface area (Å²) in [6.45, 7) is 4.88. The number of rotatable bonds is 7. The van der Waals surface area contributed by atoms with E-state index in [2.05, 4.69) is 34.5 Å². The molecule has 3 rings (SSSR count). The van der Waals surface area contributed by atoms with Gasteiger partial charge in [0.15, 0.2) is 0 Å². The standard InChI is InChI=1S/C22H28N2O2/c25-22(26)19-11-7-8-18(14-19)15-23-16-20-9-3-4-10-21(20)17-24-12-5-1-2-6-13-24/h3-4,7-11,14,23H,1-2,5-6,12-13,15-17H2,(H,25,26). The van der Waals surface area contributed by atoms with Crippen molar-refractivity contribution < 1.29 is 9.90 Å². The minimum absolute atomic E-state index is 0.339. The molecule has 0 aromatic heterocycles. The molecule has 0 atom stereocenters. The van der Waals surface area contributed by atoms with Crippen LogP contribution in [0.2, 0.25) is 0 Å². The summed E-state index contributed by atoms with van der Waals surface area (Å²) in [5, 5.41) is 12.6. The molecule has 2 aromatic carbocycles. The highest BCUT2D eigenvalue weighted by molar-refractivity contribution is 5.87. The highest BCUT2D eigenvalue weighted by Gasteiger charge is 2.11. The Morgan fingerprint density at radius 1 is 0.923 bits per heavy atom. The minimum atomic E-state index is -0.880. The van der Waals surface area contributed by atoms with E-state index in [1.54, 1.807) is 18.2 Å². The van der Waals surface area contributed by atoms with Crippen molar-refractivity contribution in [2.75, 3.05) is 13.1 Å². The Bertz CT molecular complexity index is 722. The Morgan fingerprint density at radius 2 is 1.65 bits per heavy atom. The van der Waals surface area contributed by atoms with Crippen molar-refractivity contribution in [1.29, 1.82) is 0 Å². The van der Waals surface area contributed by atoms with Crippen LogP contribution in [0.25, 0.3) is 0 Å². The number of nitrogens with one attached hydrogen (secondary N) is 1. The van der Waals surface area contributed by atoms with Gasteiger partial charge in [0, 0.05) is 19.6 Å². The van der Waals surface area contributed by atoms with Gasteiger partial charge >= 0.3 is 5.97 Å². The van der Waals surface area contributed by atoms with Gasteiger partial charge in [-0.15, -0.1) is 0 Å². The molecule has 0 spiro atoms. The summed E-state index contributed by atoms with van der Waals surface area (Å²) < 4.78 is 0. The largest absolute Gasteiger partial charge is 0.478 e. The number of benzene rings is 2. The molecule has 0 bridgehead atoms. The van der Waals surface area contributed by atoms with Gasteiger partial charge in [0.05, 0.1) is 5.56 Å². The van der Waals surface area contributed by atoms with Crippen molar-refractivity contribution in [3.05, 3.63) is 70.8 Å². The Hall–Kier alpha value is -2.17. The average Bonchev–Trinajstić information content (AvgIpc) is 2.92. The zero-order valence-corrected chi connectivity index (χ0v) is 15.3. The van der Waals surface area contributed by atoms with Gasteiger partial charge in [-0.2, -0.15) is 0 Å². The fourth-order valence-electron chi connectivity index (χ4n) is 3.58. The highest BCUT2D eigenvalue weighted by atomic mass is 16.4. The van der Waals surface area contributed by atoms with E-state index in [1.165, 1.54) is 49.9 Å². The third-order valence-corrected chi connectivity index (χ3v) is 5.03. The lowest BCUT2D eigenvalue weighted by atomic mass is 10.1. The van der Waals surface area contributed by atoms with Crippen molar-refractivity contribution in [1.82, 2.24) is 10.2 Å². The second kappa shape index (κ2) is 9.51. The number of likely N-dealkylation sites (tertiary alicyclic amines) is 1. The second-order valence-electron chi connectivity index (χ2n) is 7.07. The maximum Gasteiger partial charge on any atom is 0.335 e. The third-order valence-electron chi connectivity index (χ3n) is 5.03. The first-order chi connectivity index (χ1) is 12.7. The van der Waals surface area contributed by atoms with Crippen LogP contribution in [0, 0.1) is 0 Å². The maximum atomic E-state index is 11.1. The lowest BCUT2D eigenvalue weighted by molar-refractivity contribution is 0.0696. The van der Waals surface area contributed by atoms with Gasteiger partial charge in [-0.3, -0.25) is 4.90 Å². The molecule has 0 saturated carbocycles. The van der Waals surface area contributed by atoms with E-state index in [4.69, 9.17) is 5.11 Å². The Kier molecular flexibility index (Phi) is 6.81. The molecule has 2 N–H and O–H groups in total. The van der Waals surface area contributed by atoms with Crippen molar-refractivity contribution in [3.8, 4) is 0 Å². The molecule has 26 heavy (non-hydrogen) atoms. The zero-order chi connectivity index (χ0) is 18.2. The van der Waals surface area contributed by atoms with Gasteiger partial charge in [0.1, 0.15) is 0 Å². The smallest absolute Gasteiger partial charge is 0.335 e. The molecule has 0 aliphatic carbocycles. The van der Waals surface area contributed by atoms with Crippen molar-refractivity contribution >= 4 is 5.97 Å². The summed E-state index contributed by atoms with van der Waals surface area (Å²) in [4.78, 5) is 13.7. The molecule has 2 aromatic rings. The molecule has 1 aliphatic heterocycles. The highest BCUT2D eigenvalue weighted by Crippen LogP contribution is 2.16. The van der Waals surface area contributed by atoms with E-state index in [1.807, 2.05) is 6.07 Å². The maximum absolute atomic E-state index is 11.1. The van der Waals surface area contributed by atoms with E-state index in [0.29, 0.717) is 12.1 Å². The number of carboxylic acid groups (broad SMARTS) is 1. The molecule has 0 radical (unpaired) electrons. The van der Waals surface area contributed by atoms with Crippen molar-refractivity contribution in [2.24, 2.45) is 0 Å². The fraction of sp³-hybridized carbons (Fsp3) is 0.409. The zero-order valence-electron chi connectivity index (χ0n) is 15.3. The normalized spacial score (nSPS) is 15.5. The first-order valence-electron chi connectivity index (χ1n) is 9.54. The summed E-state index contributed by atoms with van der Waals surface area (Å²) in [5.74, 6) is -0.880. The average molecular weight is 352 g/mol. The molecule has 1 fully saturated rings. The van der Waals surface area contributed by atoms with Gasteiger partial charge in [-0.25, -0.2) is 4.79 Å². The van der Waals surface area contributed by atoms with Crippen LogP contribution in [0.4, 0.5) is 0 Å². The number of hydrogen-bond donors (Lipinski definition) is 2. The molecule has 4 nitrogen and oxygen atoms in total. The molecule has 1 heterocycles. The predicted octanol–water partition coefficient (Wildman–Crippen LogP) is 4.05. The Balaban J connectivity index is 1.58. The SMILES string of the molecule is O=C(O)c1cccc(CNCc2ccccc2CN2CCCCCC2)c1. The second-order valence-corrected chi connectivity index (χ2v) is 7.07. The number of carboxylic acids is 1. The molecule has 1 saturated heterocycles. The number of nitrogens with zero attached hydrogens (tertiary/aromatic N) is 1. The van der Waals surface area contributed by atoms with Gasteiger partial charge < -0.3 is 10.4 Å². The van der Waals surface area contributed by atoms with Crippen LogP contribution < -0.4 is 5.32 Å². The van der Waals surface area contributed by atoms with Crippen molar-refractivity contribution in [2.45, 2.75) is 45.3 Å². The van der Waals surface area contributed by atoms with Gasteiger partial charge in [-0.1, -0.05) is 49.2 Å². The minimum Gasteiger partial charge on any atom is -0.478 e. The molecular formula is C22H28N2O2. The summed E-state index contributed by atoms with van der Waals surface area (Å²) >= 11 is 0. The van der Waals surface area contributed by atoms with Crippen LogP contribution >= 0.6 is 0 Å². The molecule has 1 aliphatic rings. The lowest BCUT2D eigenvalue weighted by Crippen LogP contribution is -2.25. The third kappa shape index (κ3) is 5.41. The van der Waals surface area contributed by atoms with E-state index in [9.17, 15) is 4.79 Å². The molecular weight excluding hydrogens is 324 g/mol. The van der Waals surface area contributed by atoms with Gasteiger partial charge in [-0.05, 0) is 54.8 Å². The lowest BCUT2D eigenvalue weighted by Gasteiger charge is -2.21. The van der Waals surface area contributed by atoms with Crippen LogP contribution in [0.15, 0.2) is 48.5 Å². The first kappa shape index (κ1) is 18.6. The Morgan fingerprint density at radius 3 is 2.38 bits per heavy atom. The van der Waals surface area contributed by atoms with E-state index < -0.39 is 5.97 Å². The molecule has 0 unspecified atom stereocenters. The number of aromatic carboxylic acids is 1. The fourth-order valence-corrected chi connectivity index (χ4v) is 3.58. The van der Waals surface area contributed by atoms with Crippen LogP contribution in [0.5, 0.6) is 0 Å².